The van der Waals surface area contributed by atoms with E-state index in [1.54, 1.807) is 19.1 Å². The van der Waals surface area contributed by atoms with Gasteiger partial charge in [0.15, 0.2) is 5.79 Å². The second-order valence-electron chi connectivity index (χ2n) is 5.57. The van der Waals surface area contributed by atoms with Crippen molar-refractivity contribution in [1.82, 2.24) is 4.31 Å². The van der Waals surface area contributed by atoms with Gasteiger partial charge in [0.05, 0.1) is 24.7 Å². The van der Waals surface area contributed by atoms with Gasteiger partial charge in [-0.15, -0.1) is 0 Å². The molecular weight excluding hydrogens is 292 g/mol. The third-order valence-corrected chi connectivity index (χ3v) is 6.01. The van der Waals surface area contributed by atoms with E-state index in [4.69, 9.17) is 15.2 Å². The predicted molar refractivity (Wildman–Crippen MR) is 78.2 cm³/mol. The smallest absolute Gasteiger partial charge is 0.243 e. The molecular formula is C14H20N2O4S. The lowest BCUT2D eigenvalue weighted by molar-refractivity contribution is -0.179. The van der Waals surface area contributed by atoms with Crippen LogP contribution in [0.1, 0.15) is 18.4 Å². The topological polar surface area (TPSA) is 81.9 Å². The first-order chi connectivity index (χ1) is 9.93. The summed E-state index contributed by atoms with van der Waals surface area (Å²) in [5.41, 5.74) is 6.87. The summed E-state index contributed by atoms with van der Waals surface area (Å²) in [6.07, 6.45) is 1.45. The second-order valence-corrected chi connectivity index (χ2v) is 7.48. The van der Waals surface area contributed by atoms with Crippen LogP contribution in [0, 0.1) is 6.92 Å². The molecule has 0 unspecified atom stereocenters. The number of aryl methyl sites for hydroxylation is 1. The monoisotopic (exact) mass is 312 g/mol. The van der Waals surface area contributed by atoms with Gasteiger partial charge in [-0.25, -0.2) is 8.42 Å². The van der Waals surface area contributed by atoms with Gasteiger partial charge >= 0.3 is 0 Å². The maximum Gasteiger partial charge on any atom is 0.243 e. The molecule has 7 heteroatoms. The van der Waals surface area contributed by atoms with E-state index in [1.807, 2.05) is 0 Å². The minimum absolute atomic E-state index is 0.240. The van der Waals surface area contributed by atoms with Crippen molar-refractivity contribution >= 4 is 15.7 Å². The van der Waals surface area contributed by atoms with E-state index < -0.39 is 15.8 Å². The third-order valence-electron chi connectivity index (χ3n) is 4.03. The zero-order valence-corrected chi connectivity index (χ0v) is 12.9. The Morgan fingerprint density at radius 1 is 1.29 bits per heavy atom. The molecule has 0 radical (unpaired) electrons. The molecule has 1 aromatic carbocycles. The second kappa shape index (κ2) is 5.24. The van der Waals surface area contributed by atoms with E-state index in [9.17, 15) is 8.42 Å². The summed E-state index contributed by atoms with van der Waals surface area (Å²) in [5, 5.41) is 0. The number of nitrogen functional groups attached to an aromatic ring is 1. The van der Waals surface area contributed by atoms with E-state index in [2.05, 4.69) is 0 Å². The van der Waals surface area contributed by atoms with Crippen molar-refractivity contribution in [2.24, 2.45) is 0 Å². The molecule has 0 aromatic heterocycles. The highest BCUT2D eigenvalue weighted by molar-refractivity contribution is 7.89. The average Bonchev–Trinajstić information content (AvgIpc) is 2.89. The minimum Gasteiger partial charge on any atom is -0.399 e. The van der Waals surface area contributed by atoms with Crippen LogP contribution in [0.15, 0.2) is 23.1 Å². The van der Waals surface area contributed by atoms with E-state index in [0.29, 0.717) is 31.0 Å². The predicted octanol–water partition coefficient (Wildman–Crippen LogP) is 1.10. The molecule has 3 rings (SSSR count). The number of rotatable bonds is 2. The molecule has 116 valence electrons. The number of piperidine rings is 1. The molecule has 0 amide bonds. The molecule has 2 N–H and O–H groups in total. The van der Waals surface area contributed by atoms with Crippen LogP contribution in [0.3, 0.4) is 0 Å². The molecule has 21 heavy (non-hydrogen) atoms. The van der Waals surface area contributed by atoms with Gasteiger partial charge in [0.1, 0.15) is 0 Å². The van der Waals surface area contributed by atoms with E-state index in [0.717, 1.165) is 12.8 Å². The van der Waals surface area contributed by atoms with Crippen LogP contribution in [0.25, 0.3) is 0 Å². The summed E-state index contributed by atoms with van der Waals surface area (Å²) >= 11 is 0. The summed E-state index contributed by atoms with van der Waals surface area (Å²) < 4.78 is 38.5. The standard InChI is InChI=1S/C14H20N2O4S/c1-11-3-4-12(15)9-13(11)21(17,18)16-6-2-5-14(10-16)19-7-8-20-14/h3-4,9H,2,5-8,10,15H2,1H3. The molecule has 2 heterocycles. The fourth-order valence-corrected chi connectivity index (χ4v) is 4.70. The number of hydrogen-bond acceptors (Lipinski definition) is 5. The van der Waals surface area contributed by atoms with Crippen LogP contribution in [-0.4, -0.2) is 44.8 Å². The van der Waals surface area contributed by atoms with E-state index in [1.165, 1.54) is 10.4 Å². The molecule has 0 saturated carbocycles. The number of hydrogen-bond donors (Lipinski definition) is 1. The van der Waals surface area contributed by atoms with Crippen molar-refractivity contribution in [3.05, 3.63) is 23.8 Å². The lowest BCUT2D eigenvalue weighted by Gasteiger charge is -2.37. The number of sulfonamides is 1. The highest BCUT2D eigenvalue weighted by Gasteiger charge is 2.44. The summed E-state index contributed by atoms with van der Waals surface area (Å²) in [7, 11) is -3.59. The molecule has 1 spiro atoms. The first-order valence-electron chi connectivity index (χ1n) is 7.07. The lowest BCUT2D eigenvalue weighted by Crippen LogP contribution is -2.51. The Hall–Kier alpha value is -1.15. The largest absolute Gasteiger partial charge is 0.399 e. The van der Waals surface area contributed by atoms with Crippen LogP contribution in [0.4, 0.5) is 5.69 Å². The van der Waals surface area contributed by atoms with Crippen molar-refractivity contribution < 1.29 is 17.9 Å². The van der Waals surface area contributed by atoms with E-state index >= 15 is 0 Å². The zero-order chi connectivity index (χ0) is 15.1. The normalized spacial score (nSPS) is 22.7. The quantitative estimate of drug-likeness (QED) is 0.827. The number of ether oxygens (including phenoxy) is 2. The molecule has 2 saturated heterocycles. The molecule has 0 aliphatic carbocycles. The minimum atomic E-state index is -3.59. The first kappa shape index (κ1) is 14.8. The van der Waals surface area contributed by atoms with Crippen LogP contribution in [-0.2, 0) is 19.5 Å². The van der Waals surface area contributed by atoms with Crippen molar-refractivity contribution in [3.8, 4) is 0 Å². The zero-order valence-electron chi connectivity index (χ0n) is 12.0. The van der Waals surface area contributed by atoms with Gasteiger partial charge in [0.2, 0.25) is 10.0 Å². The Kier molecular flexibility index (Phi) is 3.69. The molecule has 0 bridgehead atoms. The highest BCUT2D eigenvalue weighted by Crippen LogP contribution is 2.33. The highest BCUT2D eigenvalue weighted by atomic mass is 32.2. The van der Waals surface area contributed by atoms with Crippen molar-refractivity contribution in [2.75, 3.05) is 32.0 Å². The first-order valence-corrected chi connectivity index (χ1v) is 8.51. The van der Waals surface area contributed by atoms with Gasteiger partial charge in [-0.1, -0.05) is 6.07 Å². The molecule has 0 atom stereocenters. The number of benzene rings is 1. The molecule has 2 aliphatic heterocycles. The summed E-state index contributed by atoms with van der Waals surface area (Å²) in [6.45, 7) is 3.53. The Morgan fingerprint density at radius 2 is 2.00 bits per heavy atom. The van der Waals surface area contributed by atoms with Crippen LogP contribution in [0.5, 0.6) is 0 Å². The molecule has 2 aliphatic rings. The fraction of sp³-hybridized carbons (Fsp3) is 0.571. The molecule has 2 fully saturated rings. The number of anilines is 1. The third kappa shape index (κ3) is 2.66. The van der Waals surface area contributed by atoms with Crippen LogP contribution < -0.4 is 5.73 Å². The molecule has 1 aromatic rings. The van der Waals surface area contributed by atoms with Crippen LogP contribution in [0.2, 0.25) is 0 Å². The van der Waals surface area contributed by atoms with Crippen molar-refractivity contribution in [2.45, 2.75) is 30.4 Å². The van der Waals surface area contributed by atoms with Gasteiger partial charge in [-0.05, 0) is 31.0 Å². The maximum absolute atomic E-state index is 12.9. The number of nitrogens with two attached hydrogens (primary N) is 1. The number of nitrogens with zero attached hydrogens (tertiary/aromatic N) is 1. The SMILES string of the molecule is Cc1ccc(N)cc1S(=O)(=O)N1CCCC2(C1)OCCO2. The maximum atomic E-state index is 12.9. The summed E-state index contributed by atoms with van der Waals surface area (Å²) in [4.78, 5) is 0.262. The lowest BCUT2D eigenvalue weighted by atomic mass is 10.1. The van der Waals surface area contributed by atoms with Crippen molar-refractivity contribution in [1.29, 1.82) is 0 Å². The van der Waals surface area contributed by atoms with Gasteiger partial charge in [-0.3, -0.25) is 0 Å². The Labute approximate surface area is 124 Å². The summed E-state index contributed by atoms with van der Waals surface area (Å²) in [6, 6.07) is 4.95. The Morgan fingerprint density at radius 3 is 2.71 bits per heavy atom. The van der Waals surface area contributed by atoms with Gasteiger partial charge in [0.25, 0.3) is 0 Å². The fourth-order valence-electron chi connectivity index (χ4n) is 2.92. The van der Waals surface area contributed by atoms with Crippen LogP contribution >= 0.6 is 0 Å². The van der Waals surface area contributed by atoms with Gasteiger partial charge in [-0.2, -0.15) is 4.31 Å². The van der Waals surface area contributed by atoms with Gasteiger partial charge < -0.3 is 15.2 Å². The van der Waals surface area contributed by atoms with Crippen molar-refractivity contribution in [3.63, 3.8) is 0 Å². The Bertz CT molecular complexity index is 638. The van der Waals surface area contributed by atoms with E-state index in [-0.39, 0.29) is 11.4 Å². The average molecular weight is 312 g/mol. The van der Waals surface area contributed by atoms with Gasteiger partial charge in [0, 0.05) is 18.7 Å². The summed E-state index contributed by atoms with van der Waals surface area (Å²) in [5.74, 6) is -0.764. The molecule has 6 nitrogen and oxygen atoms in total. The Balaban J connectivity index is 1.92.